The van der Waals surface area contributed by atoms with E-state index < -0.39 is 0 Å². The number of carbonyl (C=O) groups is 2. The Kier molecular flexibility index (Phi) is 4.88. The van der Waals surface area contributed by atoms with E-state index in [1.807, 2.05) is 17.9 Å². The van der Waals surface area contributed by atoms with Gasteiger partial charge in [-0.25, -0.2) is 0 Å². The van der Waals surface area contributed by atoms with E-state index in [1.165, 1.54) is 12.0 Å². The second kappa shape index (κ2) is 7.56. The van der Waals surface area contributed by atoms with Gasteiger partial charge in [0.25, 0.3) is 5.91 Å². The van der Waals surface area contributed by atoms with E-state index in [2.05, 4.69) is 39.4 Å². The largest absolute Gasteiger partial charge is 0.337 e. The number of benzene rings is 1. The number of nitrogens with zero attached hydrogens (tertiary/aromatic N) is 3. The second-order valence-corrected chi connectivity index (χ2v) is 9.20. The molecule has 6 heteroatoms. The van der Waals surface area contributed by atoms with Crippen LogP contribution in [0.1, 0.15) is 72.7 Å². The van der Waals surface area contributed by atoms with Crippen molar-refractivity contribution in [3.8, 4) is 0 Å². The molecule has 1 aromatic carbocycles. The van der Waals surface area contributed by atoms with E-state index in [-0.39, 0.29) is 23.4 Å². The highest BCUT2D eigenvalue weighted by Crippen LogP contribution is 2.59. The number of amides is 2. The summed E-state index contributed by atoms with van der Waals surface area (Å²) in [5.74, 6) is 0.333. The predicted molar refractivity (Wildman–Crippen MR) is 114 cm³/mol. The minimum atomic E-state index is -0.195. The molecule has 3 fully saturated rings. The Balaban J connectivity index is 1.32. The van der Waals surface area contributed by atoms with Crippen molar-refractivity contribution in [3.05, 3.63) is 53.3 Å². The van der Waals surface area contributed by atoms with Crippen LogP contribution < -0.4 is 0 Å². The normalized spacial score (nSPS) is 24.2. The Hall–Kier alpha value is -2.63. The minimum Gasteiger partial charge on any atom is -0.337 e. The van der Waals surface area contributed by atoms with Crippen LogP contribution in [-0.2, 0) is 4.79 Å². The van der Waals surface area contributed by atoms with Crippen LogP contribution in [-0.4, -0.2) is 50.9 Å². The van der Waals surface area contributed by atoms with Gasteiger partial charge in [-0.05, 0) is 44.2 Å². The number of aromatic amines is 1. The Morgan fingerprint density at radius 2 is 1.80 bits per heavy atom. The number of hydrogen-bond acceptors (Lipinski definition) is 3. The molecule has 6 nitrogen and oxygen atoms in total. The zero-order valence-electron chi connectivity index (χ0n) is 17.6. The smallest absolute Gasteiger partial charge is 0.274 e. The molecular formula is C24H30N4O2. The lowest BCUT2D eigenvalue weighted by molar-refractivity contribution is -0.186. The molecule has 3 aliphatic rings. The van der Waals surface area contributed by atoms with Gasteiger partial charge in [-0.15, -0.1) is 0 Å². The summed E-state index contributed by atoms with van der Waals surface area (Å²) in [7, 11) is 0. The molecule has 2 aliphatic heterocycles. The summed E-state index contributed by atoms with van der Waals surface area (Å²) in [6, 6.07) is 12.8. The minimum absolute atomic E-state index is 0.0175. The molecule has 1 aromatic heterocycles. The number of nitrogens with one attached hydrogen (secondary N) is 1. The number of rotatable bonds is 3. The molecule has 0 radical (unpaired) electrons. The van der Waals surface area contributed by atoms with Gasteiger partial charge in [-0.1, -0.05) is 49.6 Å². The topological polar surface area (TPSA) is 69.3 Å². The number of β-lactam (4-membered cyclic amide) rings is 1. The summed E-state index contributed by atoms with van der Waals surface area (Å²) in [6.07, 6.45) is 7.23. The third-order valence-electron chi connectivity index (χ3n) is 7.39. The molecule has 3 heterocycles. The maximum atomic E-state index is 13.5. The fraction of sp³-hybridized carbons (Fsp3) is 0.542. The Morgan fingerprint density at radius 3 is 2.43 bits per heavy atom. The number of H-pyrrole nitrogens is 1. The highest BCUT2D eigenvalue weighted by molar-refractivity contribution is 5.93. The van der Waals surface area contributed by atoms with Gasteiger partial charge in [0.1, 0.15) is 5.69 Å². The van der Waals surface area contributed by atoms with Crippen LogP contribution >= 0.6 is 0 Å². The molecule has 30 heavy (non-hydrogen) atoms. The van der Waals surface area contributed by atoms with Gasteiger partial charge in [0.15, 0.2) is 0 Å². The van der Waals surface area contributed by atoms with E-state index >= 15 is 0 Å². The number of piperidine rings is 1. The molecule has 158 valence electrons. The van der Waals surface area contributed by atoms with Crippen LogP contribution in [0.4, 0.5) is 0 Å². The van der Waals surface area contributed by atoms with Crippen molar-refractivity contribution in [2.45, 2.75) is 64.0 Å². The van der Waals surface area contributed by atoms with Crippen LogP contribution in [0.2, 0.25) is 0 Å². The summed E-state index contributed by atoms with van der Waals surface area (Å²) < 4.78 is 0. The predicted octanol–water partition coefficient (Wildman–Crippen LogP) is 3.86. The first-order valence-electron chi connectivity index (χ1n) is 11.3. The average Bonchev–Trinajstić information content (AvgIpc) is 3.24. The molecule has 1 unspecified atom stereocenters. The third kappa shape index (κ3) is 3.04. The van der Waals surface area contributed by atoms with Crippen molar-refractivity contribution in [3.63, 3.8) is 0 Å². The van der Waals surface area contributed by atoms with Gasteiger partial charge in [0.2, 0.25) is 5.91 Å². The molecule has 1 saturated carbocycles. The fourth-order valence-electron chi connectivity index (χ4n) is 5.89. The zero-order valence-corrected chi connectivity index (χ0v) is 17.6. The standard InChI is InChI=1S/C24H30N4O2/c1-17-16-20(26-25-17)22(29)27-14-10-19(11-15-27)28-21(18-8-4-2-5-9-18)24(23(28)30)12-6-3-7-13-24/h2,4-5,8-9,16,19,21H,3,6-7,10-15H2,1H3,(H,25,26). The summed E-state index contributed by atoms with van der Waals surface area (Å²) in [5, 5.41) is 6.96. The Morgan fingerprint density at radius 1 is 1.10 bits per heavy atom. The van der Waals surface area contributed by atoms with Crippen molar-refractivity contribution in [1.29, 1.82) is 0 Å². The number of hydrogen-bond donors (Lipinski definition) is 1. The summed E-state index contributed by atoms with van der Waals surface area (Å²) in [6.45, 7) is 3.25. The first-order chi connectivity index (χ1) is 14.6. The fourth-order valence-corrected chi connectivity index (χ4v) is 5.89. The van der Waals surface area contributed by atoms with E-state index in [1.54, 1.807) is 6.07 Å². The van der Waals surface area contributed by atoms with Gasteiger partial charge in [-0.3, -0.25) is 14.7 Å². The maximum absolute atomic E-state index is 13.5. The number of aryl methyl sites for hydroxylation is 1. The molecular weight excluding hydrogens is 376 g/mol. The second-order valence-electron chi connectivity index (χ2n) is 9.20. The summed E-state index contributed by atoms with van der Waals surface area (Å²) in [5.41, 5.74) is 2.45. The van der Waals surface area contributed by atoms with Crippen LogP contribution in [0.5, 0.6) is 0 Å². The summed E-state index contributed by atoms with van der Waals surface area (Å²) >= 11 is 0. The lowest BCUT2D eigenvalue weighted by Crippen LogP contribution is -2.67. The molecule has 0 bridgehead atoms. The van der Waals surface area contributed by atoms with Crippen LogP contribution in [0.3, 0.4) is 0 Å². The molecule has 5 rings (SSSR count). The van der Waals surface area contributed by atoms with Gasteiger partial charge in [0, 0.05) is 24.8 Å². The highest BCUT2D eigenvalue weighted by Gasteiger charge is 2.62. The quantitative estimate of drug-likeness (QED) is 0.787. The maximum Gasteiger partial charge on any atom is 0.274 e. The van der Waals surface area contributed by atoms with E-state index in [4.69, 9.17) is 0 Å². The molecule has 2 saturated heterocycles. The van der Waals surface area contributed by atoms with Crippen molar-refractivity contribution in [1.82, 2.24) is 20.0 Å². The number of carbonyl (C=O) groups excluding carboxylic acids is 2. The Bertz CT molecular complexity index is 924. The average molecular weight is 407 g/mol. The molecule has 1 spiro atoms. The lowest BCUT2D eigenvalue weighted by atomic mass is 9.59. The lowest BCUT2D eigenvalue weighted by Gasteiger charge is -2.61. The molecule has 2 aromatic rings. The Labute approximate surface area is 177 Å². The third-order valence-corrected chi connectivity index (χ3v) is 7.39. The monoisotopic (exact) mass is 406 g/mol. The van der Waals surface area contributed by atoms with Gasteiger partial charge in [0.05, 0.1) is 11.5 Å². The van der Waals surface area contributed by atoms with Crippen molar-refractivity contribution < 1.29 is 9.59 Å². The molecule has 1 N–H and O–H groups in total. The van der Waals surface area contributed by atoms with Crippen molar-refractivity contribution >= 4 is 11.8 Å². The van der Waals surface area contributed by atoms with Gasteiger partial charge in [-0.2, -0.15) is 5.10 Å². The SMILES string of the molecule is Cc1cc(C(=O)N2CCC(N3C(=O)C4(CCCCC4)C3c3ccccc3)CC2)n[nH]1. The summed E-state index contributed by atoms with van der Waals surface area (Å²) in [4.78, 5) is 30.3. The molecule has 1 aliphatic carbocycles. The zero-order chi connectivity index (χ0) is 20.7. The van der Waals surface area contributed by atoms with E-state index in [9.17, 15) is 9.59 Å². The van der Waals surface area contributed by atoms with E-state index in [0.717, 1.165) is 44.2 Å². The van der Waals surface area contributed by atoms with Crippen LogP contribution in [0.25, 0.3) is 0 Å². The van der Waals surface area contributed by atoms with Crippen molar-refractivity contribution in [2.24, 2.45) is 5.41 Å². The number of aromatic nitrogens is 2. The highest BCUT2D eigenvalue weighted by atomic mass is 16.2. The first-order valence-corrected chi connectivity index (χ1v) is 11.3. The van der Waals surface area contributed by atoms with Gasteiger partial charge < -0.3 is 9.80 Å². The molecule has 1 atom stereocenters. The van der Waals surface area contributed by atoms with E-state index in [0.29, 0.717) is 24.7 Å². The van der Waals surface area contributed by atoms with Gasteiger partial charge >= 0.3 is 0 Å². The van der Waals surface area contributed by atoms with Crippen LogP contribution in [0.15, 0.2) is 36.4 Å². The van der Waals surface area contributed by atoms with Crippen LogP contribution in [0, 0.1) is 12.3 Å². The first kappa shape index (κ1) is 19.3. The molecule has 2 amide bonds. The van der Waals surface area contributed by atoms with Crippen molar-refractivity contribution in [2.75, 3.05) is 13.1 Å². The number of likely N-dealkylation sites (tertiary alicyclic amines) is 2.